The fraction of sp³-hybridized carbons (Fsp3) is 0.500. The van der Waals surface area contributed by atoms with Gasteiger partial charge in [0.2, 0.25) is 5.76 Å². The summed E-state index contributed by atoms with van der Waals surface area (Å²) in [6, 6.07) is 3.20. The first-order chi connectivity index (χ1) is 6.63. The van der Waals surface area contributed by atoms with Gasteiger partial charge < -0.3 is 9.52 Å². The first-order valence-corrected chi connectivity index (χ1v) is 5.51. The Labute approximate surface area is 87.5 Å². The lowest BCUT2D eigenvalue weighted by Crippen LogP contribution is -1.94. The number of furan rings is 1. The number of rotatable bonds is 5. The van der Waals surface area contributed by atoms with Crippen molar-refractivity contribution in [3.05, 3.63) is 17.9 Å². The Bertz CT molecular complexity index is 306. The maximum atomic E-state index is 10.5. The Hall–Kier alpha value is -0.900. The van der Waals surface area contributed by atoms with E-state index in [4.69, 9.17) is 9.52 Å². The number of thioether (sulfide) groups is 1. The van der Waals surface area contributed by atoms with Gasteiger partial charge in [0.25, 0.3) is 0 Å². The molecule has 0 saturated heterocycles. The van der Waals surface area contributed by atoms with Gasteiger partial charge in [0, 0.05) is 5.25 Å². The second kappa shape index (κ2) is 5.10. The average Bonchev–Trinajstić information content (AvgIpc) is 2.53. The van der Waals surface area contributed by atoms with Crippen molar-refractivity contribution in [2.24, 2.45) is 0 Å². The molecule has 0 aliphatic rings. The molecule has 14 heavy (non-hydrogen) atoms. The molecule has 1 aromatic heterocycles. The van der Waals surface area contributed by atoms with Crippen LogP contribution in [-0.4, -0.2) is 16.3 Å². The van der Waals surface area contributed by atoms with Gasteiger partial charge in [0.05, 0.1) is 0 Å². The van der Waals surface area contributed by atoms with Crippen LogP contribution in [0.3, 0.4) is 0 Å². The molecular weight excluding hydrogens is 200 g/mol. The number of carboxylic acids is 1. The number of hydrogen-bond acceptors (Lipinski definition) is 3. The Balaban J connectivity index is 2.55. The van der Waals surface area contributed by atoms with Crippen LogP contribution in [0.25, 0.3) is 0 Å². The second-order valence-corrected chi connectivity index (χ2v) is 4.58. The smallest absolute Gasteiger partial charge is 0.371 e. The molecule has 4 heteroatoms. The molecule has 0 fully saturated rings. The summed E-state index contributed by atoms with van der Waals surface area (Å²) in [5.41, 5.74) is 0. The zero-order valence-electron chi connectivity index (χ0n) is 8.32. The van der Waals surface area contributed by atoms with Crippen LogP contribution in [0.15, 0.2) is 21.6 Å². The highest BCUT2D eigenvalue weighted by atomic mass is 32.2. The molecule has 1 aromatic rings. The SMILES string of the molecule is CCCC(C)Sc1ccc(C(=O)O)o1. The van der Waals surface area contributed by atoms with Gasteiger partial charge in [-0.2, -0.15) is 0 Å². The van der Waals surface area contributed by atoms with Gasteiger partial charge >= 0.3 is 5.97 Å². The summed E-state index contributed by atoms with van der Waals surface area (Å²) in [6.07, 6.45) is 2.23. The molecular formula is C10H14O3S. The summed E-state index contributed by atoms with van der Waals surface area (Å²) in [7, 11) is 0. The third kappa shape index (κ3) is 3.10. The van der Waals surface area contributed by atoms with Gasteiger partial charge in [-0.3, -0.25) is 0 Å². The molecule has 1 atom stereocenters. The minimum Gasteiger partial charge on any atom is -0.475 e. The molecule has 0 aromatic carbocycles. The third-order valence-corrected chi connectivity index (χ3v) is 2.89. The maximum Gasteiger partial charge on any atom is 0.371 e. The first kappa shape index (κ1) is 11.2. The molecule has 0 aliphatic carbocycles. The monoisotopic (exact) mass is 214 g/mol. The van der Waals surface area contributed by atoms with E-state index in [1.165, 1.54) is 6.07 Å². The highest BCUT2D eigenvalue weighted by Gasteiger charge is 2.11. The lowest BCUT2D eigenvalue weighted by atomic mass is 10.3. The molecule has 1 unspecified atom stereocenters. The van der Waals surface area contributed by atoms with E-state index >= 15 is 0 Å². The highest BCUT2D eigenvalue weighted by Crippen LogP contribution is 2.27. The van der Waals surface area contributed by atoms with Crippen LogP contribution in [-0.2, 0) is 0 Å². The zero-order valence-corrected chi connectivity index (χ0v) is 9.13. The fourth-order valence-electron chi connectivity index (χ4n) is 1.16. The third-order valence-electron chi connectivity index (χ3n) is 1.80. The molecule has 1 heterocycles. The summed E-state index contributed by atoms with van der Waals surface area (Å²) < 4.78 is 5.13. The number of carbonyl (C=O) groups is 1. The largest absolute Gasteiger partial charge is 0.475 e. The van der Waals surface area contributed by atoms with Crippen molar-refractivity contribution in [3.8, 4) is 0 Å². The molecule has 78 valence electrons. The van der Waals surface area contributed by atoms with E-state index in [9.17, 15) is 4.79 Å². The van der Waals surface area contributed by atoms with E-state index in [2.05, 4.69) is 13.8 Å². The fourth-order valence-corrected chi connectivity index (χ4v) is 2.20. The van der Waals surface area contributed by atoms with Crippen LogP contribution in [0.4, 0.5) is 0 Å². The second-order valence-electron chi connectivity index (χ2n) is 3.14. The van der Waals surface area contributed by atoms with Gasteiger partial charge in [0.15, 0.2) is 5.09 Å². The van der Waals surface area contributed by atoms with Crippen molar-refractivity contribution in [2.75, 3.05) is 0 Å². The van der Waals surface area contributed by atoms with Crippen LogP contribution in [0.2, 0.25) is 0 Å². The Morgan fingerprint density at radius 2 is 2.36 bits per heavy atom. The van der Waals surface area contributed by atoms with Gasteiger partial charge in [-0.15, -0.1) is 0 Å². The predicted molar refractivity (Wildman–Crippen MR) is 55.9 cm³/mol. The topological polar surface area (TPSA) is 50.4 Å². The first-order valence-electron chi connectivity index (χ1n) is 4.63. The standard InChI is InChI=1S/C10H14O3S/c1-3-4-7(2)14-9-6-5-8(13-9)10(11)12/h5-7H,3-4H2,1-2H3,(H,11,12). The molecule has 1 N–H and O–H groups in total. The zero-order chi connectivity index (χ0) is 10.6. The van der Waals surface area contributed by atoms with Crippen LogP contribution in [0.5, 0.6) is 0 Å². The molecule has 0 spiro atoms. The Morgan fingerprint density at radius 3 is 2.86 bits per heavy atom. The minimum absolute atomic E-state index is 0.0104. The lowest BCUT2D eigenvalue weighted by Gasteiger charge is -2.05. The van der Waals surface area contributed by atoms with Gasteiger partial charge in [-0.25, -0.2) is 4.79 Å². The Morgan fingerprint density at radius 1 is 1.64 bits per heavy atom. The van der Waals surface area contributed by atoms with Crippen LogP contribution >= 0.6 is 11.8 Å². The van der Waals surface area contributed by atoms with E-state index in [0.29, 0.717) is 10.3 Å². The van der Waals surface area contributed by atoms with Crippen LogP contribution in [0.1, 0.15) is 37.2 Å². The minimum atomic E-state index is -1.01. The Kier molecular flexibility index (Phi) is 4.07. The number of carboxylic acid groups (broad SMARTS) is 1. The van der Waals surface area contributed by atoms with E-state index in [0.717, 1.165) is 12.8 Å². The molecule has 0 bridgehead atoms. The van der Waals surface area contributed by atoms with Crippen molar-refractivity contribution < 1.29 is 14.3 Å². The molecule has 1 rings (SSSR count). The van der Waals surface area contributed by atoms with E-state index in [-0.39, 0.29) is 5.76 Å². The van der Waals surface area contributed by atoms with Crippen LogP contribution < -0.4 is 0 Å². The molecule has 3 nitrogen and oxygen atoms in total. The van der Waals surface area contributed by atoms with E-state index in [1.807, 2.05) is 0 Å². The number of hydrogen-bond donors (Lipinski definition) is 1. The summed E-state index contributed by atoms with van der Waals surface area (Å²) in [6.45, 7) is 4.24. The van der Waals surface area contributed by atoms with Crippen molar-refractivity contribution in [1.82, 2.24) is 0 Å². The molecule has 0 aliphatic heterocycles. The molecule has 0 saturated carbocycles. The van der Waals surface area contributed by atoms with E-state index < -0.39 is 5.97 Å². The molecule has 0 radical (unpaired) electrons. The lowest BCUT2D eigenvalue weighted by molar-refractivity contribution is 0.0656. The van der Waals surface area contributed by atoms with Gasteiger partial charge in [-0.1, -0.05) is 32.0 Å². The van der Waals surface area contributed by atoms with Crippen molar-refractivity contribution in [1.29, 1.82) is 0 Å². The highest BCUT2D eigenvalue weighted by molar-refractivity contribution is 7.99. The van der Waals surface area contributed by atoms with Crippen molar-refractivity contribution >= 4 is 17.7 Å². The molecule has 0 amide bonds. The number of aromatic carboxylic acids is 1. The summed E-state index contributed by atoms with van der Waals surface area (Å²) in [5, 5.41) is 9.78. The van der Waals surface area contributed by atoms with Crippen molar-refractivity contribution in [2.45, 2.75) is 37.0 Å². The normalized spacial score (nSPS) is 12.7. The van der Waals surface area contributed by atoms with Gasteiger partial charge in [0.1, 0.15) is 0 Å². The summed E-state index contributed by atoms with van der Waals surface area (Å²) >= 11 is 1.58. The summed E-state index contributed by atoms with van der Waals surface area (Å²) in [4.78, 5) is 10.5. The van der Waals surface area contributed by atoms with Crippen molar-refractivity contribution in [3.63, 3.8) is 0 Å². The van der Waals surface area contributed by atoms with Crippen LogP contribution in [0, 0.1) is 0 Å². The van der Waals surface area contributed by atoms with E-state index in [1.54, 1.807) is 17.8 Å². The predicted octanol–water partition coefficient (Wildman–Crippen LogP) is 3.26. The summed E-state index contributed by atoms with van der Waals surface area (Å²) in [5.74, 6) is -1.00. The quantitative estimate of drug-likeness (QED) is 0.764. The maximum absolute atomic E-state index is 10.5. The average molecular weight is 214 g/mol. The van der Waals surface area contributed by atoms with Gasteiger partial charge in [-0.05, 0) is 18.6 Å².